The molecule has 216 valence electrons. The van der Waals surface area contributed by atoms with Crippen molar-refractivity contribution in [2.45, 2.75) is 44.7 Å². The van der Waals surface area contributed by atoms with E-state index in [9.17, 15) is 26.7 Å². The molecule has 0 spiro atoms. The van der Waals surface area contributed by atoms with Crippen molar-refractivity contribution in [1.82, 2.24) is 25.0 Å². The van der Waals surface area contributed by atoms with Gasteiger partial charge in [0, 0.05) is 63.3 Å². The van der Waals surface area contributed by atoms with Crippen molar-refractivity contribution in [3.05, 3.63) is 59.4 Å². The molecule has 0 aliphatic carbocycles. The number of amides is 1. The summed E-state index contributed by atoms with van der Waals surface area (Å²) in [5.74, 6) is -3.10. The molecule has 5 rings (SSSR count). The summed E-state index contributed by atoms with van der Waals surface area (Å²) in [7, 11) is 0. The zero-order valence-corrected chi connectivity index (χ0v) is 21.7. The average molecular weight is 569 g/mol. The van der Waals surface area contributed by atoms with Gasteiger partial charge in [-0.25, -0.2) is 31.9 Å². The molecule has 1 atom stereocenters. The van der Waals surface area contributed by atoms with E-state index in [1.807, 2.05) is 11.8 Å². The molecule has 10 nitrogen and oxygen atoms in total. The lowest BCUT2D eigenvalue weighted by Crippen LogP contribution is -2.47. The van der Waals surface area contributed by atoms with Crippen molar-refractivity contribution in [2.75, 3.05) is 42.5 Å². The lowest BCUT2D eigenvalue weighted by molar-refractivity contribution is 0.0661. The molecule has 2 aromatic heterocycles. The summed E-state index contributed by atoms with van der Waals surface area (Å²) in [5.41, 5.74) is 6.37. The molecule has 2 aliphatic rings. The van der Waals surface area contributed by atoms with Gasteiger partial charge in [-0.2, -0.15) is 4.98 Å². The van der Waals surface area contributed by atoms with Gasteiger partial charge in [0.05, 0.1) is 5.56 Å². The minimum Gasteiger partial charge on any atom is -0.339 e. The lowest BCUT2D eigenvalue weighted by Gasteiger charge is -2.37. The summed E-state index contributed by atoms with van der Waals surface area (Å²) in [4.78, 5) is 31.1. The Morgan fingerprint density at radius 3 is 2.27 bits per heavy atom. The number of carbonyl (C=O) groups excluding carboxylic acids is 1. The van der Waals surface area contributed by atoms with Crippen LogP contribution < -0.4 is 15.5 Å². The SMILES string of the molecule is CCN(C(=O)c1cnc(N2CCC(N)C2)nc1)C1CCN(c2nc(C(F)F)no2)CC1.Fc1ccc(F)c(F)c1. The van der Waals surface area contributed by atoms with Crippen molar-refractivity contribution in [3.8, 4) is 0 Å². The molecule has 1 unspecified atom stereocenters. The first kappa shape index (κ1) is 29.1. The number of nitrogens with two attached hydrogens (primary N) is 1. The van der Waals surface area contributed by atoms with E-state index in [-0.39, 0.29) is 24.0 Å². The normalized spacial score (nSPS) is 17.6. The van der Waals surface area contributed by atoms with Crippen LogP contribution in [0.2, 0.25) is 0 Å². The number of alkyl halides is 2. The van der Waals surface area contributed by atoms with E-state index in [0.717, 1.165) is 25.1 Å². The van der Waals surface area contributed by atoms with E-state index >= 15 is 0 Å². The number of hydrogen-bond donors (Lipinski definition) is 1. The summed E-state index contributed by atoms with van der Waals surface area (Å²) in [6.45, 7) is 5.06. The monoisotopic (exact) mass is 568 g/mol. The summed E-state index contributed by atoms with van der Waals surface area (Å²) in [6.07, 6.45) is 2.60. The number of anilines is 2. The van der Waals surface area contributed by atoms with Crippen LogP contribution in [0.15, 0.2) is 35.1 Å². The Bertz CT molecular complexity index is 1270. The molecular weight excluding hydrogens is 539 g/mol. The quantitative estimate of drug-likeness (QED) is 0.352. The second-order valence-electron chi connectivity index (χ2n) is 9.37. The number of piperidine rings is 1. The van der Waals surface area contributed by atoms with Gasteiger partial charge in [0.15, 0.2) is 11.6 Å². The van der Waals surface area contributed by atoms with Gasteiger partial charge in [0.1, 0.15) is 5.82 Å². The van der Waals surface area contributed by atoms with Gasteiger partial charge in [0.25, 0.3) is 5.91 Å². The van der Waals surface area contributed by atoms with Crippen molar-refractivity contribution >= 4 is 17.9 Å². The van der Waals surface area contributed by atoms with Crippen molar-refractivity contribution in [1.29, 1.82) is 0 Å². The van der Waals surface area contributed by atoms with Crippen LogP contribution in [0, 0.1) is 17.5 Å². The molecule has 2 N–H and O–H groups in total. The third-order valence-corrected chi connectivity index (χ3v) is 6.68. The fourth-order valence-corrected chi connectivity index (χ4v) is 4.58. The summed E-state index contributed by atoms with van der Waals surface area (Å²) < 4.78 is 66.2. The summed E-state index contributed by atoms with van der Waals surface area (Å²) in [5, 5.41) is 3.30. The maximum atomic E-state index is 13.1. The Hall–Kier alpha value is -3.88. The predicted octanol–water partition coefficient (Wildman–Crippen LogP) is 3.57. The molecule has 2 fully saturated rings. The number of halogens is 5. The Kier molecular flexibility index (Phi) is 9.45. The van der Waals surface area contributed by atoms with E-state index in [2.05, 4.69) is 20.1 Å². The highest BCUT2D eigenvalue weighted by Crippen LogP contribution is 2.25. The maximum Gasteiger partial charge on any atom is 0.324 e. The number of rotatable bonds is 6. The van der Waals surface area contributed by atoms with Crippen LogP contribution in [0.1, 0.15) is 48.8 Å². The van der Waals surface area contributed by atoms with Crippen LogP contribution in [0.4, 0.5) is 33.9 Å². The standard InChI is InChI=1S/C19H26F2N8O2.C6H3F3/c1-2-29(14-4-7-27(8-5-14)19-25-16(15(20)21)26-31-19)17(30)12-9-23-18(24-10-12)28-6-3-13(22)11-28;7-4-1-2-5(8)6(9)3-4/h9-10,13-15H,2-8,11,22H2,1H3;1-3H. The van der Waals surface area contributed by atoms with Crippen molar-refractivity contribution < 1.29 is 31.3 Å². The summed E-state index contributed by atoms with van der Waals surface area (Å²) in [6, 6.07) is 2.33. The molecular formula is C25H29F5N8O2. The Morgan fingerprint density at radius 1 is 1.07 bits per heavy atom. The first-order valence-electron chi connectivity index (χ1n) is 12.8. The Balaban J connectivity index is 0.000000350. The minimum atomic E-state index is -2.76. The predicted molar refractivity (Wildman–Crippen MR) is 134 cm³/mol. The minimum absolute atomic E-state index is 0.0162. The second kappa shape index (κ2) is 13.0. The lowest BCUT2D eigenvalue weighted by atomic mass is 10.0. The van der Waals surface area contributed by atoms with Crippen LogP contribution in [0.25, 0.3) is 0 Å². The highest BCUT2D eigenvalue weighted by molar-refractivity contribution is 5.94. The number of hydrogen-bond acceptors (Lipinski definition) is 9. The number of aromatic nitrogens is 4. The van der Waals surface area contributed by atoms with Gasteiger partial charge >= 0.3 is 12.4 Å². The highest BCUT2D eigenvalue weighted by atomic mass is 19.3. The number of carbonyl (C=O) groups is 1. The largest absolute Gasteiger partial charge is 0.339 e. The first-order valence-corrected chi connectivity index (χ1v) is 12.8. The van der Waals surface area contributed by atoms with Crippen LogP contribution in [0.5, 0.6) is 0 Å². The fraction of sp³-hybridized carbons (Fsp3) is 0.480. The molecule has 4 heterocycles. The molecule has 0 radical (unpaired) electrons. The van der Waals surface area contributed by atoms with Gasteiger partial charge in [-0.3, -0.25) is 4.79 Å². The Morgan fingerprint density at radius 2 is 1.75 bits per heavy atom. The van der Waals surface area contributed by atoms with E-state index in [4.69, 9.17) is 10.3 Å². The van der Waals surface area contributed by atoms with Gasteiger partial charge < -0.3 is 25.0 Å². The van der Waals surface area contributed by atoms with Crippen LogP contribution in [-0.2, 0) is 0 Å². The van der Waals surface area contributed by atoms with E-state index in [1.54, 1.807) is 22.2 Å². The van der Waals surface area contributed by atoms with E-state index in [1.165, 1.54) is 0 Å². The third kappa shape index (κ3) is 7.00. The molecule has 2 saturated heterocycles. The zero-order valence-electron chi connectivity index (χ0n) is 21.7. The molecule has 40 heavy (non-hydrogen) atoms. The Labute approximate surface area is 227 Å². The third-order valence-electron chi connectivity index (χ3n) is 6.68. The molecule has 1 amide bonds. The molecule has 2 aliphatic heterocycles. The number of nitrogens with zero attached hydrogens (tertiary/aromatic N) is 7. The highest BCUT2D eigenvalue weighted by Gasteiger charge is 2.30. The van der Waals surface area contributed by atoms with Crippen LogP contribution in [0.3, 0.4) is 0 Å². The second-order valence-corrected chi connectivity index (χ2v) is 9.37. The summed E-state index contributed by atoms with van der Waals surface area (Å²) >= 11 is 0. The molecule has 1 aromatic carbocycles. The van der Waals surface area contributed by atoms with E-state index < -0.39 is 29.7 Å². The van der Waals surface area contributed by atoms with Crippen LogP contribution in [-0.4, -0.2) is 75.7 Å². The fourth-order valence-electron chi connectivity index (χ4n) is 4.58. The van der Waals surface area contributed by atoms with Crippen molar-refractivity contribution in [3.63, 3.8) is 0 Å². The van der Waals surface area contributed by atoms with Gasteiger partial charge in [-0.1, -0.05) is 5.16 Å². The average Bonchev–Trinajstić information content (AvgIpc) is 3.62. The van der Waals surface area contributed by atoms with Crippen LogP contribution >= 0.6 is 0 Å². The molecule has 15 heteroatoms. The molecule has 3 aromatic rings. The first-order chi connectivity index (χ1) is 19.2. The van der Waals surface area contributed by atoms with Gasteiger partial charge in [0.2, 0.25) is 11.8 Å². The van der Waals surface area contributed by atoms with E-state index in [0.29, 0.717) is 56.6 Å². The number of benzene rings is 1. The molecule has 0 saturated carbocycles. The van der Waals surface area contributed by atoms with Gasteiger partial charge in [-0.15, -0.1) is 0 Å². The van der Waals surface area contributed by atoms with Crippen molar-refractivity contribution in [2.24, 2.45) is 5.73 Å². The maximum absolute atomic E-state index is 13.1. The van der Waals surface area contributed by atoms with Gasteiger partial charge in [-0.05, 0) is 38.3 Å². The smallest absolute Gasteiger partial charge is 0.324 e. The molecule has 0 bridgehead atoms. The topological polar surface area (TPSA) is 118 Å². The zero-order chi connectivity index (χ0) is 28.8.